The minimum atomic E-state index is -0.240. The molecule has 0 aliphatic carbocycles. The molecule has 2 rings (SSSR count). The standard InChI is InChI=1S/C14H10BrCl2NO2/c15-10-4-5-11(14(17)13(10)16)18-12(20)7-8-2-1-3-9(19)6-8/h1-6,19H,7H2,(H,18,20). The van der Waals surface area contributed by atoms with Crippen LogP contribution in [0.2, 0.25) is 10.0 Å². The Labute approximate surface area is 134 Å². The highest BCUT2D eigenvalue weighted by atomic mass is 79.9. The Balaban J connectivity index is 2.11. The highest BCUT2D eigenvalue weighted by Gasteiger charge is 2.11. The van der Waals surface area contributed by atoms with Crippen LogP contribution in [-0.4, -0.2) is 11.0 Å². The number of hydrogen-bond acceptors (Lipinski definition) is 2. The first-order valence-corrected chi connectivity index (χ1v) is 7.23. The van der Waals surface area contributed by atoms with E-state index in [9.17, 15) is 9.90 Å². The maximum absolute atomic E-state index is 11.9. The fourth-order valence-electron chi connectivity index (χ4n) is 1.67. The zero-order valence-corrected chi connectivity index (χ0v) is 13.3. The van der Waals surface area contributed by atoms with Crippen LogP contribution in [-0.2, 0) is 11.2 Å². The third-order valence-electron chi connectivity index (χ3n) is 2.58. The molecule has 2 aromatic carbocycles. The molecule has 0 saturated carbocycles. The Bertz CT molecular complexity index is 662. The molecule has 0 aromatic heterocycles. The summed E-state index contributed by atoms with van der Waals surface area (Å²) in [5.74, 6) is -0.115. The van der Waals surface area contributed by atoms with E-state index in [0.29, 0.717) is 20.7 Å². The average Bonchev–Trinajstić information content (AvgIpc) is 2.39. The first kappa shape index (κ1) is 15.2. The SMILES string of the molecule is O=C(Cc1cccc(O)c1)Nc1ccc(Br)c(Cl)c1Cl. The maximum Gasteiger partial charge on any atom is 0.228 e. The van der Waals surface area contributed by atoms with Crippen LogP contribution in [0.15, 0.2) is 40.9 Å². The number of nitrogens with one attached hydrogen (secondary N) is 1. The lowest BCUT2D eigenvalue weighted by Gasteiger charge is -2.09. The summed E-state index contributed by atoms with van der Waals surface area (Å²) in [5, 5.41) is 12.7. The fourth-order valence-corrected chi connectivity index (χ4v) is 2.49. The van der Waals surface area contributed by atoms with Gasteiger partial charge in [-0.15, -0.1) is 0 Å². The van der Waals surface area contributed by atoms with Crippen LogP contribution in [0.5, 0.6) is 5.75 Å². The van der Waals surface area contributed by atoms with E-state index in [-0.39, 0.29) is 23.1 Å². The molecule has 6 heteroatoms. The topological polar surface area (TPSA) is 49.3 Å². The third-order valence-corrected chi connectivity index (χ3v) is 4.36. The van der Waals surface area contributed by atoms with Crippen LogP contribution in [0.4, 0.5) is 5.69 Å². The Morgan fingerprint density at radius 2 is 1.95 bits per heavy atom. The van der Waals surface area contributed by atoms with Gasteiger partial charge in [0.25, 0.3) is 0 Å². The number of halogens is 3. The van der Waals surface area contributed by atoms with Gasteiger partial charge in [-0.1, -0.05) is 35.3 Å². The number of phenolic OH excluding ortho intramolecular Hbond substituents is 1. The summed E-state index contributed by atoms with van der Waals surface area (Å²) in [4.78, 5) is 11.9. The summed E-state index contributed by atoms with van der Waals surface area (Å²) in [7, 11) is 0. The molecule has 0 fully saturated rings. The molecule has 2 N–H and O–H groups in total. The second-order valence-corrected chi connectivity index (χ2v) is 5.73. The number of phenols is 1. The molecule has 0 aliphatic rings. The zero-order chi connectivity index (χ0) is 14.7. The maximum atomic E-state index is 11.9. The molecule has 0 bridgehead atoms. The van der Waals surface area contributed by atoms with Crippen molar-refractivity contribution in [1.82, 2.24) is 0 Å². The number of hydrogen-bond donors (Lipinski definition) is 2. The monoisotopic (exact) mass is 373 g/mol. The van der Waals surface area contributed by atoms with E-state index in [1.54, 1.807) is 30.3 Å². The van der Waals surface area contributed by atoms with Crippen LogP contribution in [0.25, 0.3) is 0 Å². The number of aromatic hydroxyl groups is 1. The molecular weight excluding hydrogens is 365 g/mol. The van der Waals surface area contributed by atoms with Crippen LogP contribution < -0.4 is 5.32 Å². The van der Waals surface area contributed by atoms with Crippen LogP contribution in [0.3, 0.4) is 0 Å². The highest BCUT2D eigenvalue weighted by molar-refractivity contribution is 9.10. The molecule has 20 heavy (non-hydrogen) atoms. The van der Waals surface area contributed by atoms with Crippen molar-refractivity contribution in [2.45, 2.75) is 6.42 Å². The largest absolute Gasteiger partial charge is 0.508 e. The predicted octanol–water partition coefficient (Wildman–Crippen LogP) is 4.64. The Kier molecular flexibility index (Phi) is 4.91. The minimum absolute atomic E-state index is 0.125. The van der Waals surface area contributed by atoms with Gasteiger partial charge < -0.3 is 10.4 Å². The summed E-state index contributed by atoms with van der Waals surface area (Å²) < 4.78 is 0.662. The normalized spacial score (nSPS) is 10.3. The van der Waals surface area contributed by atoms with Crippen molar-refractivity contribution in [2.75, 3.05) is 5.32 Å². The second kappa shape index (κ2) is 6.48. The molecule has 0 aliphatic heterocycles. The van der Waals surface area contributed by atoms with Gasteiger partial charge in [-0.25, -0.2) is 0 Å². The number of benzene rings is 2. The van der Waals surface area contributed by atoms with E-state index in [4.69, 9.17) is 23.2 Å². The number of carbonyl (C=O) groups is 1. The first-order chi connectivity index (χ1) is 9.47. The van der Waals surface area contributed by atoms with Gasteiger partial charge in [-0.05, 0) is 45.8 Å². The third kappa shape index (κ3) is 3.66. The average molecular weight is 375 g/mol. The van der Waals surface area contributed by atoms with Gasteiger partial charge in [-0.2, -0.15) is 0 Å². The van der Waals surface area contributed by atoms with E-state index < -0.39 is 0 Å². The molecule has 0 heterocycles. The molecular formula is C14H10BrCl2NO2. The van der Waals surface area contributed by atoms with Gasteiger partial charge in [0, 0.05) is 4.47 Å². The lowest BCUT2D eigenvalue weighted by atomic mass is 10.1. The zero-order valence-electron chi connectivity index (χ0n) is 10.2. The summed E-state index contributed by atoms with van der Waals surface area (Å²) in [6.07, 6.45) is 0.137. The molecule has 104 valence electrons. The highest BCUT2D eigenvalue weighted by Crippen LogP contribution is 2.35. The van der Waals surface area contributed by atoms with Crippen molar-refractivity contribution in [3.05, 3.63) is 56.5 Å². The number of amides is 1. The quantitative estimate of drug-likeness (QED) is 0.768. The Morgan fingerprint density at radius 1 is 1.20 bits per heavy atom. The van der Waals surface area contributed by atoms with E-state index in [1.807, 2.05) is 0 Å². The van der Waals surface area contributed by atoms with Crippen molar-refractivity contribution in [1.29, 1.82) is 0 Å². The van der Waals surface area contributed by atoms with Crippen LogP contribution in [0, 0.1) is 0 Å². The molecule has 0 atom stereocenters. The van der Waals surface area contributed by atoms with Crippen molar-refractivity contribution in [2.24, 2.45) is 0 Å². The van der Waals surface area contributed by atoms with Crippen molar-refractivity contribution >= 4 is 50.7 Å². The lowest BCUT2D eigenvalue weighted by molar-refractivity contribution is -0.115. The molecule has 2 aromatic rings. The molecule has 0 saturated heterocycles. The molecule has 0 unspecified atom stereocenters. The number of carbonyl (C=O) groups excluding carboxylic acids is 1. The van der Waals surface area contributed by atoms with Crippen molar-refractivity contribution in [3.8, 4) is 5.75 Å². The molecule has 1 amide bonds. The van der Waals surface area contributed by atoms with Crippen molar-refractivity contribution < 1.29 is 9.90 Å². The van der Waals surface area contributed by atoms with E-state index in [0.717, 1.165) is 0 Å². The van der Waals surface area contributed by atoms with Crippen LogP contribution >= 0.6 is 39.1 Å². The molecule has 3 nitrogen and oxygen atoms in total. The summed E-state index contributed by atoms with van der Waals surface area (Å²) >= 11 is 15.3. The number of rotatable bonds is 3. The number of anilines is 1. The van der Waals surface area contributed by atoms with Gasteiger partial charge in [0.05, 0.1) is 22.2 Å². The smallest absolute Gasteiger partial charge is 0.228 e. The Morgan fingerprint density at radius 3 is 2.65 bits per heavy atom. The predicted molar refractivity (Wildman–Crippen MR) is 84.6 cm³/mol. The summed E-state index contributed by atoms with van der Waals surface area (Å²) in [6.45, 7) is 0. The molecule has 0 radical (unpaired) electrons. The van der Waals surface area contributed by atoms with E-state index in [1.165, 1.54) is 6.07 Å². The van der Waals surface area contributed by atoms with Gasteiger partial charge in [0.1, 0.15) is 5.75 Å². The summed E-state index contributed by atoms with van der Waals surface area (Å²) in [5.41, 5.74) is 1.16. The fraction of sp³-hybridized carbons (Fsp3) is 0.0714. The summed E-state index contributed by atoms with van der Waals surface area (Å²) in [6, 6.07) is 9.90. The van der Waals surface area contributed by atoms with Gasteiger partial charge in [0.15, 0.2) is 0 Å². The van der Waals surface area contributed by atoms with E-state index >= 15 is 0 Å². The van der Waals surface area contributed by atoms with Crippen molar-refractivity contribution in [3.63, 3.8) is 0 Å². The molecule has 0 spiro atoms. The lowest BCUT2D eigenvalue weighted by Crippen LogP contribution is -2.14. The second-order valence-electron chi connectivity index (χ2n) is 4.12. The van der Waals surface area contributed by atoms with Gasteiger partial charge in [0.2, 0.25) is 5.91 Å². The Hall–Kier alpha value is -1.23. The van der Waals surface area contributed by atoms with Gasteiger partial charge >= 0.3 is 0 Å². The van der Waals surface area contributed by atoms with E-state index in [2.05, 4.69) is 21.2 Å². The van der Waals surface area contributed by atoms with Gasteiger partial charge in [-0.3, -0.25) is 4.79 Å². The minimum Gasteiger partial charge on any atom is -0.508 e. The first-order valence-electron chi connectivity index (χ1n) is 5.68. The van der Waals surface area contributed by atoms with Crippen LogP contribution in [0.1, 0.15) is 5.56 Å².